The van der Waals surface area contributed by atoms with Crippen LogP contribution in [-0.2, 0) is 0 Å². The zero-order chi connectivity index (χ0) is 14.8. The number of ether oxygens (including phenoxy) is 1. The third-order valence-electron chi connectivity index (χ3n) is 2.26. The van der Waals surface area contributed by atoms with Crippen molar-refractivity contribution < 1.29 is 36.9 Å². The van der Waals surface area contributed by atoms with Crippen molar-refractivity contribution in [2.75, 3.05) is 6.61 Å². The van der Waals surface area contributed by atoms with Gasteiger partial charge in [-0.15, -0.1) is 25.6 Å². The third-order valence-corrected chi connectivity index (χ3v) is 2.26. The molecule has 1 aromatic carbocycles. The van der Waals surface area contributed by atoms with E-state index in [0.717, 1.165) is 18.2 Å². The number of phenolic OH excluding ortho intramolecular Hbond substituents is 1. The fraction of sp³-hybridized carbons (Fsp3) is 0.400. The molecule has 0 aliphatic rings. The standard InChI is InChI=1S/C10H10F5NO3.ClH/c11-9(12,4-17)8(16)5-2-1-3-6(7(5)18)19-10(13,14)15;/h1-3,8,17-18H,4,16H2;1H/t8-;/m1./s1. The number of nitrogens with two attached hydrogens (primary N) is 1. The first kappa shape index (κ1) is 18.7. The monoisotopic (exact) mass is 323 g/mol. The maximum Gasteiger partial charge on any atom is 0.573 e. The Bertz CT molecular complexity index is 455. The van der Waals surface area contributed by atoms with Gasteiger partial charge in [-0.1, -0.05) is 12.1 Å². The van der Waals surface area contributed by atoms with E-state index in [1.54, 1.807) is 0 Å². The average molecular weight is 324 g/mol. The van der Waals surface area contributed by atoms with E-state index in [4.69, 9.17) is 10.8 Å². The van der Waals surface area contributed by atoms with Crippen molar-refractivity contribution in [2.45, 2.75) is 18.3 Å². The lowest BCUT2D eigenvalue weighted by molar-refractivity contribution is -0.275. The third kappa shape index (κ3) is 4.36. The van der Waals surface area contributed by atoms with Crippen LogP contribution in [0.5, 0.6) is 11.5 Å². The molecule has 1 rings (SSSR count). The summed E-state index contributed by atoms with van der Waals surface area (Å²) in [6.07, 6.45) is -5.08. The minimum Gasteiger partial charge on any atom is -0.504 e. The summed E-state index contributed by atoms with van der Waals surface area (Å²) < 4.78 is 65.7. The number of aliphatic hydroxyl groups is 1. The highest BCUT2D eigenvalue weighted by atomic mass is 35.5. The highest BCUT2D eigenvalue weighted by molar-refractivity contribution is 5.85. The summed E-state index contributed by atoms with van der Waals surface area (Å²) in [5, 5.41) is 17.9. The van der Waals surface area contributed by atoms with Crippen molar-refractivity contribution in [1.82, 2.24) is 0 Å². The first-order valence-corrected chi connectivity index (χ1v) is 4.90. The fourth-order valence-electron chi connectivity index (χ4n) is 1.32. The van der Waals surface area contributed by atoms with Crippen molar-refractivity contribution in [3.63, 3.8) is 0 Å². The fourth-order valence-corrected chi connectivity index (χ4v) is 1.32. The lowest BCUT2D eigenvalue weighted by Gasteiger charge is -2.23. The molecule has 0 aliphatic heterocycles. The quantitative estimate of drug-likeness (QED) is 0.743. The van der Waals surface area contributed by atoms with E-state index in [-0.39, 0.29) is 12.4 Å². The normalized spacial score (nSPS) is 13.6. The molecule has 0 aliphatic carbocycles. The van der Waals surface area contributed by atoms with Crippen LogP contribution < -0.4 is 10.5 Å². The van der Waals surface area contributed by atoms with E-state index < -0.39 is 42.0 Å². The summed E-state index contributed by atoms with van der Waals surface area (Å²) in [6, 6.07) is 0.445. The van der Waals surface area contributed by atoms with Crippen molar-refractivity contribution in [1.29, 1.82) is 0 Å². The Morgan fingerprint density at radius 3 is 2.20 bits per heavy atom. The zero-order valence-corrected chi connectivity index (χ0v) is 10.5. The summed E-state index contributed by atoms with van der Waals surface area (Å²) in [5.41, 5.74) is 4.44. The molecule has 0 fully saturated rings. The van der Waals surface area contributed by atoms with Gasteiger partial charge in [-0.2, -0.15) is 0 Å². The van der Waals surface area contributed by atoms with Crippen LogP contribution in [0.3, 0.4) is 0 Å². The highest BCUT2D eigenvalue weighted by Crippen LogP contribution is 2.40. The molecule has 0 saturated heterocycles. The molecule has 20 heavy (non-hydrogen) atoms. The topological polar surface area (TPSA) is 75.7 Å². The SMILES string of the molecule is Cl.N[C@H](c1cccc(OC(F)(F)F)c1O)C(F)(F)CO. The minimum atomic E-state index is -5.08. The van der Waals surface area contributed by atoms with Crippen LogP contribution in [0.25, 0.3) is 0 Å². The van der Waals surface area contributed by atoms with E-state index in [9.17, 15) is 27.1 Å². The molecule has 0 saturated carbocycles. The summed E-state index contributed by atoms with van der Waals surface area (Å²) >= 11 is 0. The molecule has 4 N–H and O–H groups in total. The van der Waals surface area contributed by atoms with Gasteiger partial charge in [0.1, 0.15) is 12.6 Å². The number of benzene rings is 1. The maximum absolute atomic E-state index is 13.1. The van der Waals surface area contributed by atoms with E-state index in [0.29, 0.717) is 0 Å². The summed E-state index contributed by atoms with van der Waals surface area (Å²) in [5.74, 6) is -6.00. The largest absolute Gasteiger partial charge is 0.573 e. The van der Waals surface area contributed by atoms with Crippen molar-refractivity contribution in [2.24, 2.45) is 5.73 Å². The molecule has 0 aromatic heterocycles. The molecule has 0 heterocycles. The van der Waals surface area contributed by atoms with Crippen molar-refractivity contribution in [3.8, 4) is 11.5 Å². The Morgan fingerprint density at radius 2 is 1.75 bits per heavy atom. The van der Waals surface area contributed by atoms with E-state index >= 15 is 0 Å². The molecule has 1 atom stereocenters. The average Bonchev–Trinajstić information content (AvgIpc) is 2.29. The van der Waals surface area contributed by atoms with Crippen LogP contribution in [0.2, 0.25) is 0 Å². The summed E-state index contributed by atoms with van der Waals surface area (Å²) in [6.45, 7) is -1.61. The van der Waals surface area contributed by atoms with E-state index in [1.807, 2.05) is 0 Å². The van der Waals surface area contributed by atoms with Crippen molar-refractivity contribution in [3.05, 3.63) is 23.8 Å². The van der Waals surface area contributed by atoms with Crippen LogP contribution in [-0.4, -0.2) is 29.1 Å². The van der Waals surface area contributed by atoms with Crippen LogP contribution in [0, 0.1) is 0 Å². The van der Waals surface area contributed by atoms with Crippen LogP contribution in [0.15, 0.2) is 18.2 Å². The molecular formula is C10H11ClF5NO3. The second-order valence-corrected chi connectivity index (χ2v) is 3.64. The van der Waals surface area contributed by atoms with Gasteiger partial charge < -0.3 is 20.7 Å². The lowest BCUT2D eigenvalue weighted by atomic mass is 10.0. The second kappa shape index (κ2) is 6.42. The first-order valence-electron chi connectivity index (χ1n) is 4.90. The summed E-state index contributed by atoms with van der Waals surface area (Å²) in [7, 11) is 0. The highest BCUT2D eigenvalue weighted by Gasteiger charge is 2.40. The number of aromatic hydroxyl groups is 1. The lowest BCUT2D eigenvalue weighted by Crippen LogP contribution is -2.36. The number of rotatable bonds is 4. The van der Waals surface area contributed by atoms with E-state index in [1.165, 1.54) is 0 Å². The first-order chi connectivity index (χ1) is 8.58. The van der Waals surface area contributed by atoms with Gasteiger partial charge in [-0.3, -0.25) is 0 Å². The molecular weight excluding hydrogens is 313 g/mol. The number of hydrogen-bond donors (Lipinski definition) is 3. The van der Waals surface area contributed by atoms with Crippen LogP contribution >= 0.6 is 12.4 Å². The molecule has 10 heteroatoms. The van der Waals surface area contributed by atoms with Gasteiger partial charge in [-0.25, -0.2) is 8.78 Å². The molecule has 0 unspecified atom stereocenters. The Balaban J connectivity index is 0.00000361. The van der Waals surface area contributed by atoms with Gasteiger partial charge >= 0.3 is 6.36 Å². The molecule has 0 spiro atoms. The number of para-hydroxylation sites is 1. The zero-order valence-electron chi connectivity index (χ0n) is 9.69. The van der Waals surface area contributed by atoms with Crippen molar-refractivity contribution >= 4 is 12.4 Å². The maximum atomic E-state index is 13.1. The molecule has 4 nitrogen and oxygen atoms in total. The molecule has 0 radical (unpaired) electrons. The van der Waals surface area contributed by atoms with Crippen LogP contribution in [0.1, 0.15) is 11.6 Å². The van der Waals surface area contributed by atoms with Crippen LogP contribution in [0.4, 0.5) is 22.0 Å². The smallest absolute Gasteiger partial charge is 0.504 e. The Kier molecular flexibility index (Phi) is 6.00. The Labute approximate surface area is 116 Å². The van der Waals surface area contributed by atoms with Gasteiger partial charge in [0.05, 0.1) is 0 Å². The molecule has 0 bridgehead atoms. The van der Waals surface area contributed by atoms with Gasteiger partial charge in [0, 0.05) is 5.56 Å². The Hall–Kier alpha value is -1.32. The van der Waals surface area contributed by atoms with Gasteiger partial charge in [0.15, 0.2) is 11.5 Å². The summed E-state index contributed by atoms with van der Waals surface area (Å²) in [4.78, 5) is 0. The second-order valence-electron chi connectivity index (χ2n) is 3.64. The molecule has 0 amide bonds. The number of hydrogen-bond acceptors (Lipinski definition) is 4. The minimum absolute atomic E-state index is 0. The van der Waals surface area contributed by atoms with Gasteiger partial charge in [0.25, 0.3) is 5.92 Å². The van der Waals surface area contributed by atoms with E-state index in [2.05, 4.69) is 4.74 Å². The Morgan fingerprint density at radius 1 is 1.20 bits per heavy atom. The number of halogens is 6. The number of aliphatic hydroxyl groups excluding tert-OH is 1. The predicted octanol–water partition coefficient (Wildman–Crippen LogP) is 2.34. The number of phenols is 1. The van der Waals surface area contributed by atoms with Gasteiger partial charge in [0.2, 0.25) is 0 Å². The van der Waals surface area contributed by atoms with Gasteiger partial charge in [-0.05, 0) is 6.07 Å². The predicted molar refractivity (Wildman–Crippen MR) is 61.0 cm³/mol. The molecule has 1 aromatic rings. The number of alkyl halides is 5. The molecule has 116 valence electrons.